The molecule has 3 aromatic rings. The molecule has 7 heteroatoms. The van der Waals surface area contributed by atoms with Gasteiger partial charge in [0.25, 0.3) is 0 Å². The number of piperidine rings is 1. The van der Waals surface area contributed by atoms with Gasteiger partial charge in [0.15, 0.2) is 0 Å². The molecule has 0 saturated carbocycles. The van der Waals surface area contributed by atoms with E-state index in [0.29, 0.717) is 31.1 Å². The standard InChI is InChI=1S/C20H24N4O2S/c25-27(26,24-10-4-1-5-11-24)20-7-3-2-6-18(20)14-21-13-16-8-9-17-15-22-23-19(17)12-16/h2-3,6-9,12,15,21H,1,4-5,10-11,13-14H2,(H,22,23). The molecule has 0 spiro atoms. The van der Waals surface area contributed by atoms with E-state index in [1.807, 2.05) is 18.2 Å². The number of benzene rings is 2. The first kappa shape index (κ1) is 18.2. The largest absolute Gasteiger partial charge is 0.309 e. The summed E-state index contributed by atoms with van der Waals surface area (Å²) in [6, 6.07) is 13.5. The SMILES string of the molecule is O=S(=O)(c1ccccc1CNCc1ccc2cn[nH]c2c1)N1CCCCC1. The Morgan fingerprint density at radius 1 is 1.04 bits per heavy atom. The van der Waals surface area contributed by atoms with Gasteiger partial charge in [-0.05, 0) is 36.1 Å². The van der Waals surface area contributed by atoms with Gasteiger partial charge < -0.3 is 5.32 Å². The number of hydrogen-bond acceptors (Lipinski definition) is 4. The number of nitrogens with zero attached hydrogens (tertiary/aromatic N) is 2. The van der Waals surface area contributed by atoms with Crippen LogP contribution in [0, 0.1) is 0 Å². The molecule has 142 valence electrons. The van der Waals surface area contributed by atoms with Gasteiger partial charge in [-0.15, -0.1) is 0 Å². The number of aromatic nitrogens is 2. The van der Waals surface area contributed by atoms with Crippen LogP contribution in [0.3, 0.4) is 0 Å². The van der Waals surface area contributed by atoms with Crippen molar-refractivity contribution in [3.05, 3.63) is 59.8 Å². The number of aromatic amines is 1. The molecule has 1 saturated heterocycles. The van der Waals surface area contributed by atoms with E-state index in [-0.39, 0.29) is 0 Å². The Balaban J connectivity index is 1.47. The zero-order chi connectivity index (χ0) is 18.7. The molecule has 0 radical (unpaired) electrons. The monoisotopic (exact) mass is 384 g/mol. The maximum Gasteiger partial charge on any atom is 0.243 e. The molecule has 0 bridgehead atoms. The van der Waals surface area contributed by atoms with Crippen LogP contribution in [0.1, 0.15) is 30.4 Å². The molecule has 0 amide bonds. The van der Waals surface area contributed by atoms with Gasteiger partial charge in [-0.25, -0.2) is 8.42 Å². The summed E-state index contributed by atoms with van der Waals surface area (Å²) in [4.78, 5) is 0.420. The molecule has 2 aromatic carbocycles. The lowest BCUT2D eigenvalue weighted by molar-refractivity contribution is 0.346. The third kappa shape index (κ3) is 3.90. The highest BCUT2D eigenvalue weighted by Gasteiger charge is 2.27. The van der Waals surface area contributed by atoms with E-state index in [4.69, 9.17) is 0 Å². The van der Waals surface area contributed by atoms with Crippen molar-refractivity contribution in [2.75, 3.05) is 13.1 Å². The van der Waals surface area contributed by atoms with Gasteiger partial charge in [0.1, 0.15) is 0 Å². The molecular weight excluding hydrogens is 360 g/mol. The minimum atomic E-state index is -3.43. The first-order valence-electron chi connectivity index (χ1n) is 9.35. The smallest absolute Gasteiger partial charge is 0.243 e. The fourth-order valence-electron chi connectivity index (χ4n) is 3.58. The summed E-state index contributed by atoms with van der Waals surface area (Å²) in [5.41, 5.74) is 2.94. The van der Waals surface area contributed by atoms with Crippen LogP contribution in [0.25, 0.3) is 10.9 Å². The van der Waals surface area contributed by atoms with Crippen LogP contribution < -0.4 is 5.32 Å². The summed E-state index contributed by atoms with van der Waals surface area (Å²) in [7, 11) is -3.43. The zero-order valence-electron chi connectivity index (χ0n) is 15.2. The fourth-order valence-corrected chi connectivity index (χ4v) is 5.32. The maximum atomic E-state index is 13.0. The van der Waals surface area contributed by atoms with E-state index in [2.05, 4.69) is 27.6 Å². The third-order valence-electron chi connectivity index (χ3n) is 5.06. The quantitative estimate of drug-likeness (QED) is 0.685. The molecule has 0 atom stereocenters. The minimum Gasteiger partial charge on any atom is -0.309 e. The number of rotatable bonds is 6. The Morgan fingerprint density at radius 2 is 1.85 bits per heavy atom. The van der Waals surface area contributed by atoms with E-state index in [1.54, 1.807) is 22.6 Å². The van der Waals surface area contributed by atoms with Crippen LogP contribution in [0.4, 0.5) is 0 Å². The molecular formula is C20H24N4O2S. The van der Waals surface area contributed by atoms with Crippen molar-refractivity contribution < 1.29 is 8.42 Å². The lowest BCUT2D eigenvalue weighted by atomic mass is 10.1. The van der Waals surface area contributed by atoms with E-state index in [9.17, 15) is 8.42 Å². The van der Waals surface area contributed by atoms with Crippen molar-refractivity contribution in [3.63, 3.8) is 0 Å². The number of sulfonamides is 1. The highest BCUT2D eigenvalue weighted by atomic mass is 32.2. The highest BCUT2D eigenvalue weighted by Crippen LogP contribution is 2.23. The number of fused-ring (bicyclic) bond motifs is 1. The molecule has 1 fully saturated rings. The van der Waals surface area contributed by atoms with Crippen LogP contribution in [0.5, 0.6) is 0 Å². The summed E-state index contributed by atoms with van der Waals surface area (Å²) in [6.45, 7) is 2.40. The third-order valence-corrected chi connectivity index (χ3v) is 7.06. The Morgan fingerprint density at radius 3 is 2.70 bits per heavy atom. The van der Waals surface area contributed by atoms with Crippen molar-refractivity contribution in [1.29, 1.82) is 0 Å². The summed E-state index contributed by atoms with van der Waals surface area (Å²) >= 11 is 0. The second-order valence-corrected chi connectivity index (χ2v) is 8.87. The first-order valence-corrected chi connectivity index (χ1v) is 10.8. The summed E-state index contributed by atoms with van der Waals surface area (Å²) in [6.07, 6.45) is 4.79. The average molecular weight is 385 g/mol. The van der Waals surface area contributed by atoms with Crippen LogP contribution in [-0.4, -0.2) is 36.0 Å². The minimum absolute atomic E-state index is 0.420. The van der Waals surface area contributed by atoms with Gasteiger partial charge in [-0.1, -0.05) is 36.8 Å². The highest BCUT2D eigenvalue weighted by molar-refractivity contribution is 7.89. The second kappa shape index (κ2) is 7.80. The zero-order valence-corrected chi connectivity index (χ0v) is 16.0. The van der Waals surface area contributed by atoms with Crippen LogP contribution >= 0.6 is 0 Å². The van der Waals surface area contributed by atoms with Crippen LogP contribution in [0.15, 0.2) is 53.6 Å². The Labute approximate surface area is 159 Å². The normalized spacial score (nSPS) is 16.0. The number of nitrogens with one attached hydrogen (secondary N) is 2. The average Bonchev–Trinajstić information content (AvgIpc) is 3.17. The van der Waals surface area contributed by atoms with Crippen molar-refractivity contribution in [2.24, 2.45) is 0 Å². The van der Waals surface area contributed by atoms with E-state index >= 15 is 0 Å². The molecule has 2 heterocycles. The van der Waals surface area contributed by atoms with Gasteiger partial charge in [0.2, 0.25) is 10.0 Å². The summed E-state index contributed by atoms with van der Waals surface area (Å²) in [5.74, 6) is 0. The Kier molecular flexibility index (Phi) is 5.24. The maximum absolute atomic E-state index is 13.0. The van der Waals surface area contributed by atoms with Crippen molar-refractivity contribution in [1.82, 2.24) is 19.8 Å². The van der Waals surface area contributed by atoms with E-state index in [0.717, 1.165) is 41.3 Å². The van der Waals surface area contributed by atoms with Gasteiger partial charge in [0.05, 0.1) is 16.6 Å². The van der Waals surface area contributed by atoms with Crippen LogP contribution in [0.2, 0.25) is 0 Å². The molecule has 0 unspecified atom stereocenters. The van der Waals surface area contributed by atoms with E-state index in [1.165, 1.54) is 0 Å². The number of H-pyrrole nitrogens is 1. The molecule has 1 aliphatic rings. The Hall–Kier alpha value is -2.22. The fraction of sp³-hybridized carbons (Fsp3) is 0.350. The van der Waals surface area contributed by atoms with Gasteiger partial charge in [-0.2, -0.15) is 9.40 Å². The molecule has 1 aliphatic heterocycles. The van der Waals surface area contributed by atoms with E-state index < -0.39 is 10.0 Å². The molecule has 27 heavy (non-hydrogen) atoms. The Bertz CT molecular complexity index is 1020. The summed E-state index contributed by atoms with van der Waals surface area (Å²) in [5, 5.41) is 11.5. The van der Waals surface area contributed by atoms with Crippen molar-refractivity contribution >= 4 is 20.9 Å². The lowest BCUT2D eigenvalue weighted by Crippen LogP contribution is -2.36. The molecule has 4 rings (SSSR count). The van der Waals surface area contributed by atoms with Gasteiger partial charge in [0, 0.05) is 31.6 Å². The molecule has 6 nitrogen and oxygen atoms in total. The molecule has 2 N–H and O–H groups in total. The lowest BCUT2D eigenvalue weighted by Gasteiger charge is -2.26. The predicted molar refractivity (Wildman–Crippen MR) is 106 cm³/mol. The number of hydrogen-bond donors (Lipinski definition) is 2. The summed E-state index contributed by atoms with van der Waals surface area (Å²) < 4.78 is 27.7. The predicted octanol–water partition coefficient (Wildman–Crippen LogP) is 3.03. The molecule has 0 aliphatic carbocycles. The topological polar surface area (TPSA) is 78.1 Å². The van der Waals surface area contributed by atoms with Gasteiger partial charge >= 0.3 is 0 Å². The van der Waals surface area contributed by atoms with Crippen molar-refractivity contribution in [3.8, 4) is 0 Å². The molecule has 1 aromatic heterocycles. The first-order chi connectivity index (χ1) is 13.1. The van der Waals surface area contributed by atoms with Crippen LogP contribution in [-0.2, 0) is 23.1 Å². The second-order valence-electron chi connectivity index (χ2n) is 6.97. The van der Waals surface area contributed by atoms with Crippen molar-refractivity contribution in [2.45, 2.75) is 37.2 Å². The van der Waals surface area contributed by atoms with Gasteiger partial charge in [-0.3, -0.25) is 5.10 Å².